The van der Waals surface area contributed by atoms with E-state index in [1.54, 1.807) is 0 Å². The van der Waals surface area contributed by atoms with Crippen molar-refractivity contribution in [2.45, 2.75) is 19.1 Å². The fourth-order valence-electron chi connectivity index (χ4n) is 3.45. The van der Waals surface area contributed by atoms with Gasteiger partial charge in [-0.15, -0.1) is 0 Å². The van der Waals surface area contributed by atoms with Crippen molar-refractivity contribution in [3.8, 4) is 23.0 Å². The summed E-state index contributed by atoms with van der Waals surface area (Å²) in [6.07, 6.45) is 2.76. The van der Waals surface area contributed by atoms with Gasteiger partial charge in [-0.3, -0.25) is 5.10 Å². The molecule has 1 aliphatic heterocycles. The monoisotopic (exact) mass is 375 g/mol. The first kappa shape index (κ1) is 16.9. The predicted molar refractivity (Wildman–Crippen MR) is 106 cm³/mol. The molecule has 2 N–H and O–H groups in total. The maximum absolute atomic E-state index is 6.00. The van der Waals surface area contributed by atoms with Crippen LogP contribution < -0.4 is 14.8 Å². The lowest BCUT2D eigenvalue weighted by molar-refractivity contribution is 0.0849. The minimum absolute atomic E-state index is 0.0570. The number of fused-ring (bicyclic) bond motifs is 2. The second-order valence-electron chi connectivity index (χ2n) is 6.88. The third-order valence-corrected chi connectivity index (χ3v) is 4.92. The zero-order chi connectivity index (χ0) is 18.8. The van der Waals surface area contributed by atoms with Crippen LogP contribution in [0.1, 0.15) is 12.0 Å². The van der Waals surface area contributed by atoms with E-state index in [2.05, 4.69) is 15.5 Å². The molecule has 1 unspecified atom stereocenters. The average molecular weight is 375 g/mol. The van der Waals surface area contributed by atoms with Crippen LogP contribution in [0.3, 0.4) is 0 Å². The minimum atomic E-state index is 0.0570. The van der Waals surface area contributed by atoms with Gasteiger partial charge in [-0.1, -0.05) is 30.3 Å². The molecule has 0 spiro atoms. The van der Waals surface area contributed by atoms with Crippen LogP contribution in [0.25, 0.3) is 22.4 Å². The largest absolute Gasteiger partial charge is 0.486 e. The first-order valence-electron chi connectivity index (χ1n) is 9.47. The van der Waals surface area contributed by atoms with Crippen LogP contribution in [0.15, 0.2) is 65.2 Å². The number of nitrogens with one attached hydrogen (secondary N) is 2. The van der Waals surface area contributed by atoms with Crippen LogP contribution in [-0.4, -0.2) is 29.5 Å². The Bertz CT molecular complexity index is 1050. The molecule has 6 heteroatoms. The Morgan fingerprint density at radius 2 is 1.93 bits per heavy atom. The van der Waals surface area contributed by atoms with E-state index in [1.807, 2.05) is 60.8 Å². The number of rotatable bonds is 6. The van der Waals surface area contributed by atoms with Crippen molar-refractivity contribution in [3.05, 3.63) is 66.4 Å². The van der Waals surface area contributed by atoms with E-state index >= 15 is 0 Å². The van der Waals surface area contributed by atoms with Crippen LogP contribution in [0, 0.1) is 0 Å². The highest BCUT2D eigenvalue weighted by Gasteiger charge is 2.20. The van der Waals surface area contributed by atoms with Crippen molar-refractivity contribution in [1.82, 2.24) is 15.5 Å². The summed E-state index contributed by atoms with van der Waals surface area (Å²) in [6, 6.07) is 17.8. The van der Waals surface area contributed by atoms with E-state index in [0.29, 0.717) is 13.2 Å². The lowest BCUT2D eigenvalue weighted by Gasteiger charge is -2.26. The molecule has 0 aliphatic carbocycles. The Balaban J connectivity index is 1.18. The molecule has 2 aromatic heterocycles. The number of furan rings is 1. The van der Waals surface area contributed by atoms with Crippen molar-refractivity contribution in [2.24, 2.45) is 0 Å². The van der Waals surface area contributed by atoms with Crippen molar-refractivity contribution in [1.29, 1.82) is 0 Å². The number of hydrogen-bond acceptors (Lipinski definition) is 5. The summed E-state index contributed by atoms with van der Waals surface area (Å²) in [4.78, 5) is 0. The van der Waals surface area contributed by atoms with Gasteiger partial charge in [0.1, 0.15) is 24.0 Å². The van der Waals surface area contributed by atoms with Gasteiger partial charge in [0.25, 0.3) is 0 Å². The third-order valence-electron chi connectivity index (χ3n) is 4.92. The number of H-pyrrole nitrogens is 1. The molecule has 3 heterocycles. The maximum atomic E-state index is 6.00. The van der Waals surface area contributed by atoms with Crippen LogP contribution in [0.4, 0.5) is 0 Å². The Labute approximate surface area is 162 Å². The van der Waals surface area contributed by atoms with Gasteiger partial charge < -0.3 is 19.2 Å². The SMILES string of the molecule is c1ccc2c(c1)OCC(CCNCc1cn[nH]c1-c1cc3ccccc3o1)O2. The zero-order valence-corrected chi connectivity index (χ0v) is 15.4. The summed E-state index contributed by atoms with van der Waals surface area (Å²) in [5.74, 6) is 2.44. The number of nitrogens with zero attached hydrogens (tertiary/aromatic N) is 1. The quantitative estimate of drug-likeness (QED) is 0.496. The molecule has 0 radical (unpaired) electrons. The highest BCUT2D eigenvalue weighted by molar-refractivity contribution is 5.82. The van der Waals surface area contributed by atoms with Gasteiger partial charge >= 0.3 is 0 Å². The second-order valence-corrected chi connectivity index (χ2v) is 6.88. The average Bonchev–Trinajstić information content (AvgIpc) is 3.37. The van der Waals surface area contributed by atoms with Crippen LogP contribution >= 0.6 is 0 Å². The van der Waals surface area contributed by atoms with Gasteiger partial charge in [0, 0.05) is 23.9 Å². The molecular formula is C22H21N3O3. The maximum Gasteiger partial charge on any atom is 0.161 e. The lowest BCUT2D eigenvalue weighted by Crippen LogP contribution is -2.32. The van der Waals surface area contributed by atoms with E-state index in [9.17, 15) is 0 Å². The second kappa shape index (κ2) is 7.40. The molecule has 4 aromatic rings. The highest BCUT2D eigenvalue weighted by Crippen LogP contribution is 2.31. The van der Waals surface area contributed by atoms with Gasteiger partial charge in [0.05, 0.1) is 6.20 Å². The molecular weight excluding hydrogens is 354 g/mol. The fourth-order valence-corrected chi connectivity index (χ4v) is 3.45. The molecule has 0 bridgehead atoms. The van der Waals surface area contributed by atoms with Crippen molar-refractivity contribution in [2.75, 3.05) is 13.2 Å². The fraction of sp³-hybridized carbons (Fsp3) is 0.227. The van der Waals surface area contributed by atoms with Crippen LogP contribution in [-0.2, 0) is 6.54 Å². The van der Waals surface area contributed by atoms with Crippen molar-refractivity contribution >= 4 is 11.0 Å². The standard InChI is InChI=1S/C22H21N3O3/c1-2-6-18-15(5-1)11-21(28-18)22-16(13-24-25-22)12-23-10-9-17-14-26-19-7-3-4-8-20(19)27-17/h1-8,11,13,17,23H,9-10,12,14H2,(H,24,25). The number of para-hydroxylation sites is 3. The van der Waals surface area contributed by atoms with E-state index in [1.165, 1.54) is 0 Å². The van der Waals surface area contributed by atoms with Gasteiger partial charge in [-0.2, -0.15) is 5.10 Å². The number of ether oxygens (including phenoxy) is 2. The van der Waals surface area contributed by atoms with Gasteiger partial charge in [-0.05, 0) is 30.8 Å². The van der Waals surface area contributed by atoms with Crippen LogP contribution in [0.2, 0.25) is 0 Å². The molecule has 28 heavy (non-hydrogen) atoms. The Morgan fingerprint density at radius 1 is 1.07 bits per heavy atom. The topological polar surface area (TPSA) is 72.3 Å². The molecule has 142 valence electrons. The smallest absolute Gasteiger partial charge is 0.161 e. The van der Waals surface area contributed by atoms with Crippen molar-refractivity contribution in [3.63, 3.8) is 0 Å². The van der Waals surface area contributed by atoms with Gasteiger partial charge in [0.15, 0.2) is 17.3 Å². The molecule has 1 atom stereocenters. The molecule has 0 fully saturated rings. The molecule has 0 amide bonds. The summed E-state index contributed by atoms with van der Waals surface area (Å²) < 4.78 is 17.7. The predicted octanol–water partition coefficient (Wildman–Crippen LogP) is 4.14. The number of aromatic nitrogens is 2. The van der Waals surface area contributed by atoms with E-state index in [-0.39, 0.29) is 6.10 Å². The Morgan fingerprint density at radius 3 is 2.86 bits per heavy atom. The van der Waals surface area contributed by atoms with Gasteiger partial charge in [-0.25, -0.2) is 0 Å². The summed E-state index contributed by atoms with van der Waals surface area (Å²) >= 11 is 0. The third kappa shape index (κ3) is 3.34. The summed E-state index contributed by atoms with van der Waals surface area (Å²) in [5, 5.41) is 11.8. The number of aromatic amines is 1. The Kier molecular flexibility index (Phi) is 4.47. The van der Waals surface area contributed by atoms with E-state index < -0.39 is 0 Å². The van der Waals surface area contributed by atoms with E-state index in [4.69, 9.17) is 13.9 Å². The molecule has 6 nitrogen and oxygen atoms in total. The van der Waals surface area contributed by atoms with Gasteiger partial charge in [0.2, 0.25) is 0 Å². The molecule has 0 saturated carbocycles. The van der Waals surface area contributed by atoms with Crippen LogP contribution in [0.5, 0.6) is 11.5 Å². The number of hydrogen-bond donors (Lipinski definition) is 2. The highest BCUT2D eigenvalue weighted by atomic mass is 16.6. The normalized spacial score (nSPS) is 15.8. The molecule has 1 aliphatic rings. The van der Waals surface area contributed by atoms with E-state index in [0.717, 1.165) is 52.5 Å². The molecule has 2 aromatic carbocycles. The summed E-state index contributed by atoms with van der Waals surface area (Å²) in [7, 11) is 0. The minimum Gasteiger partial charge on any atom is -0.486 e. The first-order valence-corrected chi connectivity index (χ1v) is 9.47. The molecule has 0 saturated heterocycles. The molecule has 5 rings (SSSR count). The lowest BCUT2D eigenvalue weighted by atomic mass is 10.2. The van der Waals surface area contributed by atoms with Crippen molar-refractivity contribution < 1.29 is 13.9 Å². The number of benzene rings is 2. The zero-order valence-electron chi connectivity index (χ0n) is 15.4. The summed E-state index contributed by atoms with van der Waals surface area (Å²) in [5.41, 5.74) is 2.86. The summed E-state index contributed by atoms with van der Waals surface area (Å²) in [6.45, 7) is 2.10. The Hall–Kier alpha value is -3.25. The first-order chi connectivity index (χ1) is 13.9.